The lowest BCUT2D eigenvalue weighted by Crippen LogP contribution is -1.85. The highest BCUT2D eigenvalue weighted by molar-refractivity contribution is 8.68. The van der Waals surface area contributed by atoms with Crippen LogP contribution in [0.4, 0.5) is 0 Å². The van der Waals surface area contributed by atoms with E-state index in [1.807, 2.05) is 12.1 Å². The first-order valence-corrected chi connectivity index (χ1v) is 7.45. The molecule has 1 aromatic carbocycles. The average molecular weight is 261 g/mol. The molecular weight excluding hydrogens is 250 g/mol. The van der Waals surface area contributed by atoms with Crippen molar-refractivity contribution in [1.82, 2.24) is 4.98 Å². The summed E-state index contributed by atoms with van der Waals surface area (Å²) >= 11 is 4.15. The molecule has 0 unspecified atom stereocenters. The number of aryl methyl sites for hydroxylation is 1. The van der Waals surface area contributed by atoms with E-state index >= 15 is 0 Å². The van der Waals surface area contributed by atoms with E-state index < -0.39 is 0 Å². The molecule has 0 fully saturated rings. The van der Waals surface area contributed by atoms with E-state index in [1.54, 1.807) is 17.0 Å². The fraction of sp³-hybridized carbons (Fsp3) is 0.154. The average Bonchev–Trinajstić information content (AvgIpc) is 2.74. The predicted molar refractivity (Wildman–Crippen MR) is 76.7 cm³/mol. The minimum absolute atomic E-state index is 0.711. The molecule has 0 amide bonds. The van der Waals surface area contributed by atoms with Crippen molar-refractivity contribution >= 4 is 44.5 Å². The van der Waals surface area contributed by atoms with Crippen molar-refractivity contribution in [1.29, 1.82) is 0 Å². The second kappa shape index (κ2) is 4.63. The van der Waals surface area contributed by atoms with Gasteiger partial charge in [0.25, 0.3) is 0 Å². The van der Waals surface area contributed by atoms with Crippen LogP contribution < -0.4 is 0 Å². The molecular formula is C13H11NOS2. The minimum Gasteiger partial charge on any atom is -0.438 e. The maximum atomic E-state index is 5.74. The highest BCUT2D eigenvalue weighted by atomic mass is 33.1. The molecule has 0 N–H and O–H groups in total. The second-order valence-electron chi connectivity index (χ2n) is 3.87. The standard InChI is InChI=1S/C13H11NOS2/c16-17-7-5-9-3-4-10-11-2-1-6-14-13(11)15-12(10)8-9/h1-4,6,8,16H,5,7H2. The van der Waals surface area contributed by atoms with Crippen molar-refractivity contribution < 1.29 is 4.42 Å². The van der Waals surface area contributed by atoms with Crippen LogP contribution in [-0.4, -0.2) is 10.7 Å². The number of thiol groups is 1. The molecule has 3 aromatic rings. The van der Waals surface area contributed by atoms with Gasteiger partial charge in [-0.2, -0.15) is 0 Å². The lowest BCUT2D eigenvalue weighted by atomic mass is 10.1. The Balaban J connectivity index is 2.13. The smallest absolute Gasteiger partial charge is 0.227 e. The Labute approximate surface area is 108 Å². The van der Waals surface area contributed by atoms with Crippen molar-refractivity contribution in [3.63, 3.8) is 0 Å². The summed E-state index contributed by atoms with van der Waals surface area (Å²) in [5.74, 6) is 1.01. The van der Waals surface area contributed by atoms with Gasteiger partial charge in [0.2, 0.25) is 5.71 Å². The molecule has 0 saturated heterocycles. The van der Waals surface area contributed by atoms with Crippen molar-refractivity contribution in [2.24, 2.45) is 0 Å². The number of hydrogen-bond acceptors (Lipinski definition) is 4. The lowest BCUT2D eigenvalue weighted by molar-refractivity contribution is 0.653. The van der Waals surface area contributed by atoms with Gasteiger partial charge in [0.1, 0.15) is 5.58 Å². The topological polar surface area (TPSA) is 26.0 Å². The van der Waals surface area contributed by atoms with Gasteiger partial charge >= 0.3 is 0 Å². The zero-order valence-corrected chi connectivity index (χ0v) is 10.8. The number of fused-ring (bicyclic) bond motifs is 3. The Morgan fingerprint density at radius 1 is 1.24 bits per heavy atom. The maximum Gasteiger partial charge on any atom is 0.227 e. The number of nitrogens with zero attached hydrogens (tertiary/aromatic N) is 1. The van der Waals surface area contributed by atoms with E-state index in [9.17, 15) is 0 Å². The molecule has 2 nitrogen and oxygen atoms in total. The number of benzene rings is 1. The first-order chi connectivity index (χ1) is 8.38. The lowest BCUT2D eigenvalue weighted by Gasteiger charge is -1.98. The van der Waals surface area contributed by atoms with Crippen LogP contribution in [0.2, 0.25) is 0 Å². The molecule has 86 valence electrons. The molecule has 0 radical (unpaired) electrons. The van der Waals surface area contributed by atoms with Crippen LogP contribution in [0, 0.1) is 0 Å². The van der Waals surface area contributed by atoms with Gasteiger partial charge < -0.3 is 4.42 Å². The summed E-state index contributed by atoms with van der Waals surface area (Å²) in [5.41, 5.74) is 2.90. The van der Waals surface area contributed by atoms with Crippen LogP contribution in [-0.2, 0) is 6.42 Å². The molecule has 0 bridgehead atoms. The molecule has 17 heavy (non-hydrogen) atoms. The largest absolute Gasteiger partial charge is 0.438 e. The van der Waals surface area contributed by atoms with Crippen LogP contribution in [0.3, 0.4) is 0 Å². The molecule has 0 atom stereocenters. The Morgan fingerprint density at radius 3 is 3.06 bits per heavy atom. The minimum atomic E-state index is 0.711. The number of rotatable bonds is 3. The van der Waals surface area contributed by atoms with Crippen LogP contribution in [0.15, 0.2) is 40.9 Å². The van der Waals surface area contributed by atoms with Gasteiger partial charge in [-0.25, -0.2) is 4.98 Å². The van der Waals surface area contributed by atoms with E-state index in [-0.39, 0.29) is 0 Å². The maximum absolute atomic E-state index is 5.74. The third-order valence-electron chi connectivity index (χ3n) is 2.80. The molecule has 0 aliphatic rings. The molecule has 2 heterocycles. The van der Waals surface area contributed by atoms with Crippen LogP contribution in [0.5, 0.6) is 0 Å². The summed E-state index contributed by atoms with van der Waals surface area (Å²) < 4.78 is 5.74. The van der Waals surface area contributed by atoms with Gasteiger partial charge in [0, 0.05) is 22.7 Å². The quantitative estimate of drug-likeness (QED) is 0.568. The Morgan fingerprint density at radius 2 is 2.18 bits per heavy atom. The summed E-state index contributed by atoms with van der Waals surface area (Å²) in [5, 5.41) is 2.22. The summed E-state index contributed by atoms with van der Waals surface area (Å²) in [6, 6.07) is 10.3. The molecule has 0 aliphatic carbocycles. The van der Waals surface area contributed by atoms with Gasteiger partial charge in [-0.3, -0.25) is 0 Å². The van der Waals surface area contributed by atoms with Gasteiger partial charge in [-0.1, -0.05) is 22.9 Å². The molecule has 0 aliphatic heterocycles. The first-order valence-electron chi connectivity index (χ1n) is 5.41. The fourth-order valence-electron chi connectivity index (χ4n) is 1.97. The summed E-state index contributed by atoms with van der Waals surface area (Å²) in [6.45, 7) is 0. The molecule has 0 spiro atoms. The van der Waals surface area contributed by atoms with Gasteiger partial charge in [-0.15, -0.1) is 11.7 Å². The SMILES string of the molecule is SSCCc1ccc2c(c1)oc1ncccc12. The Bertz CT molecular complexity index is 663. The number of pyridine rings is 1. The Hall–Kier alpha value is -1.13. The zero-order chi connectivity index (χ0) is 11.7. The predicted octanol–water partition coefficient (Wildman–Crippen LogP) is 4.10. The third-order valence-corrected chi connectivity index (χ3v) is 3.73. The normalized spacial score (nSPS) is 11.4. The third kappa shape index (κ3) is 2.03. The number of hydrogen-bond donors (Lipinski definition) is 1. The van der Waals surface area contributed by atoms with E-state index in [0.29, 0.717) is 5.71 Å². The van der Waals surface area contributed by atoms with E-state index in [0.717, 1.165) is 28.5 Å². The summed E-state index contributed by atoms with van der Waals surface area (Å²) in [6.07, 6.45) is 2.76. The highest BCUT2D eigenvalue weighted by Gasteiger charge is 2.07. The van der Waals surface area contributed by atoms with Crippen LogP contribution in [0.25, 0.3) is 22.1 Å². The van der Waals surface area contributed by atoms with E-state index in [2.05, 4.69) is 34.8 Å². The van der Waals surface area contributed by atoms with E-state index in [4.69, 9.17) is 4.42 Å². The zero-order valence-electron chi connectivity index (χ0n) is 9.09. The molecule has 3 rings (SSSR count). The summed E-state index contributed by atoms with van der Waals surface area (Å²) in [4.78, 5) is 4.23. The fourth-order valence-corrected chi connectivity index (χ4v) is 2.57. The van der Waals surface area contributed by atoms with Crippen molar-refractivity contribution in [2.75, 3.05) is 5.75 Å². The van der Waals surface area contributed by atoms with Crippen molar-refractivity contribution in [3.05, 3.63) is 42.1 Å². The van der Waals surface area contributed by atoms with Gasteiger partial charge in [0.15, 0.2) is 0 Å². The first kappa shape index (κ1) is 11.0. The Kier molecular flexibility index (Phi) is 2.99. The highest BCUT2D eigenvalue weighted by Crippen LogP contribution is 2.28. The van der Waals surface area contributed by atoms with E-state index in [1.165, 1.54) is 5.56 Å². The molecule has 0 saturated carbocycles. The van der Waals surface area contributed by atoms with Crippen molar-refractivity contribution in [2.45, 2.75) is 6.42 Å². The van der Waals surface area contributed by atoms with Gasteiger partial charge in [0.05, 0.1) is 0 Å². The van der Waals surface area contributed by atoms with Crippen LogP contribution >= 0.6 is 22.5 Å². The van der Waals surface area contributed by atoms with Crippen LogP contribution in [0.1, 0.15) is 5.56 Å². The van der Waals surface area contributed by atoms with Gasteiger partial charge in [-0.05, 0) is 30.2 Å². The monoisotopic (exact) mass is 261 g/mol. The molecule has 4 heteroatoms. The van der Waals surface area contributed by atoms with Crippen molar-refractivity contribution in [3.8, 4) is 0 Å². The summed E-state index contributed by atoms with van der Waals surface area (Å²) in [7, 11) is 1.56. The second-order valence-corrected chi connectivity index (χ2v) is 5.31. The number of aromatic nitrogens is 1. The molecule has 2 aromatic heterocycles. The number of furan rings is 1.